The van der Waals surface area contributed by atoms with Gasteiger partial charge in [0.05, 0.1) is 11.5 Å². The number of rotatable bonds is 8. The minimum absolute atomic E-state index is 0.0203. The summed E-state index contributed by atoms with van der Waals surface area (Å²) < 4.78 is 5.46. The Morgan fingerprint density at radius 1 is 1.00 bits per heavy atom. The Kier molecular flexibility index (Phi) is 7.10. The Labute approximate surface area is 153 Å². The van der Waals surface area contributed by atoms with Crippen LogP contribution in [-0.2, 0) is 4.79 Å². The Morgan fingerprint density at radius 3 is 2.00 bits per heavy atom. The van der Waals surface area contributed by atoms with Crippen molar-refractivity contribution in [1.29, 1.82) is 0 Å². The van der Waals surface area contributed by atoms with Crippen molar-refractivity contribution in [1.82, 2.24) is 0 Å². The number of carbonyl (C=O) groups is 1. The van der Waals surface area contributed by atoms with Gasteiger partial charge in [-0.1, -0.05) is 40.2 Å². The highest BCUT2D eigenvalue weighted by Gasteiger charge is 2.02. The van der Waals surface area contributed by atoms with E-state index in [1.54, 1.807) is 24.3 Å². The summed E-state index contributed by atoms with van der Waals surface area (Å²) in [5.74, 6) is 0.610. The van der Waals surface area contributed by atoms with E-state index in [0.717, 1.165) is 22.2 Å². The van der Waals surface area contributed by atoms with Crippen LogP contribution in [0.15, 0.2) is 60.7 Å². The van der Waals surface area contributed by atoms with Crippen molar-refractivity contribution in [3.63, 3.8) is 0 Å². The van der Waals surface area contributed by atoms with Gasteiger partial charge in [0.2, 0.25) is 0 Å². The third-order valence-corrected chi connectivity index (χ3v) is 3.53. The van der Waals surface area contributed by atoms with Crippen molar-refractivity contribution < 1.29 is 14.5 Å². The molecule has 2 aromatic rings. The number of alkyl halides is 1. The van der Waals surface area contributed by atoms with Gasteiger partial charge in [-0.3, -0.25) is 14.9 Å². The Balaban J connectivity index is 1.92. The topological polar surface area (TPSA) is 69.4 Å². The van der Waals surface area contributed by atoms with Crippen molar-refractivity contribution in [3.8, 4) is 5.75 Å². The van der Waals surface area contributed by atoms with E-state index in [9.17, 15) is 14.9 Å². The number of hydrogen-bond donors (Lipinski definition) is 0. The molecule has 0 aliphatic heterocycles. The van der Waals surface area contributed by atoms with E-state index in [0.29, 0.717) is 6.61 Å². The SMILES string of the molecule is O=C(C=Cc1ccc(OCCBr)cc1)C=Cc1ccc([N+](=O)[O-])cc1. The van der Waals surface area contributed by atoms with Crippen molar-refractivity contribution >= 4 is 39.6 Å². The van der Waals surface area contributed by atoms with E-state index >= 15 is 0 Å². The van der Waals surface area contributed by atoms with Gasteiger partial charge in [0, 0.05) is 17.5 Å². The first kappa shape index (κ1) is 18.6. The first-order chi connectivity index (χ1) is 12.1. The first-order valence-electron chi connectivity index (χ1n) is 7.52. The van der Waals surface area contributed by atoms with Crippen LogP contribution in [0.5, 0.6) is 5.75 Å². The summed E-state index contributed by atoms with van der Waals surface area (Å²) >= 11 is 3.29. The molecule has 0 N–H and O–H groups in total. The minimum Gasteiger partial charge on any atom is -0.493 e. The van der Waals surface area contributed by atoms with Crippen LogP contribution in [0.2, 0.25) is 0 Å². The third-order valence-electron chi connectivity index (χ3n) is 3.21. The molecule has 0 atom stereocenters. The van der Waals surface area contributed by atoms with Gasteiger partial charge in [0.1, 0.15) is 5.75 Å². The average Bonchev–Trinajstić information content (AvgIpc) is 2.64. The Hall–Kier alpha value is -2.73. The number of nitrogens with zero attached hydrogens (tertiary/aromatic N) is 1. The van der Waals surface area contributed by atoms with Crippen LogP contribution in [0, 0.1) is 10.1 Å². The predicted octanol–water partition coefficient (Wildman–Crippen LogP) is 4.66. The number of allylic oxidation sites excluding steroid dienone is 2. The number of hydrogen-bond acceptors (Lipinski definition) is 4. The molecule has 128 valence electrons. The number of nitro benzene ring substituents is 1. The summed E-state index contributed by atoms with van der Waals surface area (Å²) in [5, 5.41) is 11.4. The summed E-state index contributed by atoms with van der Waals surface area (Å²) in [6.07, 6.45) is 6.23. The minimum atomic E-state index is -0.461. The van der Waals surface area contributed by atoms with E-state index in [-0.39, 0.29) is 11.5 Å². The lowest BCUT2D eigenvalue weighted by molar-refractivity contribution is -0.384. The fourth-order valence-corrected chi connectivity index (χ4v) is 2.11. The zero-order valence-electron chi connectivity index (χ0n) is 13.3. The first-order valence-corrected chi connectivity index (χ1v) is 8.64. The zero-order chi connectivity index (χ0) is 18.1. The number of carbonyl (C=O) groups excluding carboxylic acids is 1. The molecule has 0 saturated heterocycles. The summed E-state index contributed by atoms with van der Waals surface area (Å²) in [6.45, 7) is 0.598. The highest BCUT2D eigenvalue weighted by molar-refractivity contribution is 9.09. The number of nitro groups is 1. The molecule has 0 aromatic heterocycles. The number of non-ortho nitro benzene ring substituents is 1. The molecular formula is C19H16BrNO4. The molecule has 0 heterocycles. The summed E-state index contributed by atoms with van der Waals surface area (Å²) in [7, 11) is 0. The summed E-state index contributed by atoms with van der Waals surface area (Å²) in [5.41, 5.74) is 1.64. The van der Waals surface area contributed by atoms with Gasteiger partial charge in [-0.05, 0) is 47.5 Å². The molecule has 25 heavy (non-hydrogen) atoms. The molecule has 0 aliphatic carbocycles. The largest absolute Gasteiger partial charge is 0.493 e. The molecule has 0 saturated carbocycles. The zero-order valence-corrected chi connectivity index (χ0v) is 14.9. The highest BCUT2D eigenvalue weighted by Crippen LogP contribution is 2.14. The second kappa shape index (κ2) is 9.54. The lowest BCUT2D eigenvalue weighted by Gasteiger charge is -2.03. The number of ether oxygens (including phenoxy) is 1. The molecule has 0 unspecified atom stereocenters. The normalized spacial score (nSPS) is 11.1. The van der Waals surface area contributed by atoms with Crippen molar-refractivity contribution in [2.45, 2.75) is 0 Å². The number of ketones is 1. The molecule has 0 fully saturated rings. The van der Waals surface area contributed by atoms with E-state index in [2.05, 4.69) is 15.9 Å². The molecule has 6 heteroatoms. The van der Waals surface area contributed by atoms with Gasteiger partial charge in [0.15, 0.2) is 5.78 Å². The molecule has 2 aromatic carbocycles. The average molecular weight is 402 g/mol. The van der Waals surface area contributed by atoms with Crippen LogP contribution in [0.4, 0.5) is 5.69 Å². The van der Waals surface area contributed by atoms with Crippen LogP contribution in [0.1, 0.15) is 11.1 Å². The molecule has 0 spiro atoms. The number of benzene rings is 2. The fourth-order valence-electron chi connectivity index (χ4n) is 1.95. The maximum Gasteiger partial charge on any atom is 0.269 e. The van der Waals surface area contributed by atoms with E-state index in [1.807, 2.05) is 24.3 Å². The monoisotopic (exact) mass is 401 g/mol. The molecule has 5 nitrogen and oxygen atoms in total. The smallest absolute Gasteiger partial charge is 0.269 e. The molecule has 0 amide bonds. The third kappa shape index (κ3) is 6.35. The molecule has 0 bridgehead atoms. The van der Waals surface area contributed by atoms with Crippen LogP contribution in [-0.4, -0.2) is 22.6 Å². The summed E-state index contributed by atoms with van der Waals surface area (Å²) in [4.78, 5) is 22.0. The van der Waals surface area contributed by atoms with Gasteiger partial charge in [-0.2, -0.15) is 0 Å². The Morgan fingerprint density at radius 2 is 1.52 bits per heavy atom. The van der Waals surface area contributed by atoms with Gasteiger partial charge >= 0.3 is 0 Å². The van der Waals surface area contributed by atoms with E-state index < -0.39 is 4.92 Å². The van der Waals surface area contributed by atoms with Crippen LogP contribution in [0.3, 0.4) is 0 Å². The maximum atomic E-state index is 11.9. The van der Waals surface area contributed by atoms with Crippen molar-refractivity contribution in [2.75, 3.05) is 11.9 Å². The molecule has 2 rings (SSSR count). The molecule has 0 aliphatic rings. The lowest BCUT2D eigenvalue weighted by atomic mass is 10.1. The van der Waals surface area contributed by atoms with Gasteiger partial charge in [0.25, 0.3) is 5.69 Å². The molecular weight excluding hydrogens is 386 g/mol. The number of halogens is 1. The van der Waals surface area contributed by atoms with Gasteiger partial charge in [-0.25, -0.2) is 0 Å². The predicted molar refractivity (Wildman–Crippen MR) is 102 cm³/mol. The van der Waals surface area contributed by atoms with Crippen LogP contribution in [0.25, 0.3) is 12.2 Å². The lowest BCUT2D eigenvalue weighted by Crippen LogP contribution is -1.97. The fraction of sp³-hybridized carbons (Fsp3) is 0.105. The van der Waals surface area contributed by atoms with E-state index in [4.69, 9.17) is 4.74 Å². The maximum absolute atomic E-state index is 11.9. The van der Waals surface area contributed by atoms with Crippen molar-refractivity contribution in [2.24, 2.45) is 0 Å². The second-order valence-electron chi connectivity index (χ2n) is 5.02. The molecule has 0 radical (unpaired) electrons. The Bertz CT molecular complexity index is 780. The second-order valence-corrected chi connectivity index (χ2v) is 5.82. The van der Waals surface area contributed by atoms with Gasteiger partial charge < -0.3 is 4.74 Å². The van der Waals surface area contributed by atoms with Gasteiger partial charge in [-0.15, -0.1) is 0 Å². The van der Waals surface area contributed by atoms with Crippen LogP contribution < -0.4 is 4.74 Å². The standard InChI is InChI=1S/C19H16BrNO4/c20-13-14-25-19-11-5-16(6-12-19)4-10-18(22)9-3-15-1-7-17(8-2-15)21(23)24/h1-12H,13-14H2. The van der Waals surface area contributed by atoms with E-state index in [1.165, 1.54) is 24.3 Å². The summed E-state index contributed by atoms with van der Waals surface area (Å²) in [6, 6.07) is 13.4. The van der Waals surface area contributed by atoms with Crippen LogP contribution >= 0.6 is 15.9 Å². The highest BCUT2D eigenvalue weighted by atomic mass is 79.9. The quantitative estimate of drug-likeness (QED) is 0.279. The van der Waals surface area contributed by atoms with Crippen molar-refractivity contribution in [3.05, 3.63) is 81.9 Å².